The molecule has 1 unspecified atom stereocenters. The predicted octanol–water partition coefficient (Wildman–Crippen LogP) is 4.21. The summed E-state index contributed by atoms with van der Waals surface area (Å²) in [5, 5.41) is 2.37. The van der Waals surface area contributed by atoms with Gasteiger partial charge in [0, 0.05) is 28.0 Å². The topological polar surface area (TPSA) is 3.24 Å². The molecule has 0 fully saturated rings. The molecule has 4 heteroatoms. The molecule has 0 aliphatic carbocycles. The molecular formula is C11H14BrCl2N. The van der Waals surface area contributed by atoms with E-state index in [0.717, 1.165) is 22.5 Å². The van der Waals surface area contributed by atoms with Crippen molar-refractivity contribution in [3.05, 3.63) is 33.8 Å². The zero-order valence-electron chi connectivity index (χ0n) is 8.80. The van der Waals surface area contributed by atoms with E-state index in [1.807, 2.05) is 12.1 Å². The summed E-state index contributed by atoms with van der Waals surface area (Å²) in [6.07, 6.45) is 0. The minimum Gasteiger partial charge on any atom is -0.299 e. The Kier molecular flexibility index (Phi) is 5.41. The maximum atomic E-state index is 6.10. The molecular weight excluding hydrogens is 297 g/mol. The minimum absolute atomic E-state index is 0.483. The van der Waals surface area contributed by atoms with E-state index in [0.29, 0.717) is 11.1 Å². The van der Waals surface area contributed by atoms with Gasteiger partial charge in [-0.1, -0.05) is 45.2 Å². The Balaban J connectivity index is 2.72. The molecule has 0 aliphatic rings. The molecule has 1 rings (SSSR count). The van der Waals surface area contributed by atoms with E-state index in [1.54, 1.807) is 6.07 Å². The summed E-state index contributed by atoms with van der Waals surface area (Å²) in [6.45, 7) is 3.00. The summed E-state index contributed by atoms with van der Waals surface area (Å²) in [5.74, 6) is 0. The first kappa shape index (κ1) is 13.3. The maximum absolute atomic E-state index is 6.10. The van der Waals surface area contributed by atoms with Crippen LogP contribution in [0.3, 0.4) is 0 Å². The largest absolute Gasteiger partial charge is 0.299 e. The van der Waals surface area contributed by atoms with Crippen molar-refractivity contribution in [1.29, 1.82) is 0 Å². The first-order chi connectivity index (χ1) is 7.04. The highest BCUT2D eigenvalue weighted by Crippen LogP contribution is 2.22. The molecule has 1 aromatic carbocycles. The van der Waals surface area contributed by atoms with Gasteiger partial charge < -0.3 is 0 Å². The van der Waals surface area contributed by atoms with Crippen LogP contribution < -0.4 is 0 Å². The molecule has 0 radical (unpaired) electrons. The normalized spacial score (nSPS) is 13.2. The average molecular weight is 311 g/mol. The van der Waals surface area contributed by atoms with Gasteiger partial charge in [0.05, 0.1) is 0 Å². The van der Waals surface area contributed by atoms with Crippen LogP contribution in [0.5, 0.6) is 0 Å². The first-order valence-corrected chi connectivity index (χ1v) is 6.62. The van der Waals surface area contributed by atoms with Gasteiger partial charge in [0.25, 0.3) is 0 Å². The lowest BCUT2D eigenvalue weighted by atomic mass is 10.2. The molecule has 0 N–H and O–H groups in total. The van der Waals surface area contributed by atoms with Gasteiger partial charge in [-0.2, -0.15) is 0 Å². The lowest BCUT2D eigenvalue weighted by molar-refractivity contribution is 0.271. The SMILES string of the molecule is CC(CBr)N(C)Cc1ccc(Cl)cc1Cl. The lowest BCUT2D eigenvalue weighted by Gasteiger charge is -2.23. The summed E-state index contributed by atoms with van der Waals surface area (Å²) < 4.78 is 0. The Hall–Kier alpha value is 0.240. The lowest BCUT2D eigenvalue weighted by Crippen LogP contribution is -2.29. The van der Waals surface area contributed by atoms with Gasteiger partial charge in [-0.15, -0.1) is 0 Å². The zero-order chi connectivity index (χ0) is 11.4. The van der Waals surface area contributed by atoms with E-state index >= 15 is 0 Å². The van der Waals surface area contributed by atoms with Gasteiger partial charge in [0.1, 0.15) is 0 Å². The van der Waals surface area contributed by atoms with Crippen molar-refractivity contribution in [2.24, 2.45) is 0 Å². The zero-order valence-corrected chi connectivity index (χ0v) is 11.9. The van der Waals surface area contributed by atoms with E-state index in [-0.39, 0.29) is 0 Å². The molecule has 0 saturated heterocycles. The van der Waals surface area contributed by atoms with Gasteiger partial charge in [-0.25, -0.2) is 0 Å². The number of rotatable bonds is 4. The predicted molar refractivity (Wildman–Crippen MR) is 71.2 cm³/mol. The molecule has 0 heterocycles. The van der Waals surface area contributed by atoms with Crippen molar-refractivity contribution < 1.29 is 0 Å². The van der Waals surface area contributed by atoms with Gasteiger partial charge in [0.2, 0.25) is 0 Å². The Morgan fingerprint density at radius 2 is 2.07 bits per heavy atom. The molecule has 15 heavy (non-hydrogen) atoms. The van der Waals surface area contributed by atoms with Crippen LogP contribution in [0.1, 0.15) is 12.5 Å². The van der Waals surface area contributed by atoms with Gasteiger partial charge in [-0.3, -0.25) is 4.90 Å². The van der Waals surface area contributed by atoms with Crippen molar-refractivity contribution in [2.75, 3.05) is 12.4 Å². The highest BCUT2D eigenvalue weighted by Gasteiger charge is 2.10. The molecule has 0 bridgehead atoms. The Labute approximate surface area is 109 Å². The van der Waals surface area contributed by atoms with Crippen molar-refractivity contribution in [2.45, 2.75) is 19.5 Å². The number of halogens is 3. The van der Waals surface area contributed by atoms with E-state index in [9.17, 15) is 0 Å². The summed E-state index contributed by atoms with van der Waals surface area (Å²) in [6, 6.07) is 6.11. The van der Waals surface area contributed by atoms with Crippen LogP contribution in [0.25, 0.3) is 0 Å². The van der Waals surface area contributed by atoms with Crippen molar-refractivity contribution in [1.82, 2.24) is 4.90 Å². The van der Waals surface area contributed by atoms with Crippen molar-refractivity contribution in [3.63, 3.8) is 0 Å². The van der Waals surface area contributed by atoms with Crippen molar-refractivity contribution in [3.8, 4) is 0 Å². The van der Waals surface area contributed by atoms with E-state index in [1.165, 1.54) is 0 Å². The summed E-state index contributed by atoms with van der Waals surface area (Å²) >= 11 is 15.4. The summed E-state index contributed by atoms with van der Waals surface area (Å²) in [5.41, 5.74) is 1.11. The van der Waals surface area contributed by atoms with Gasteiger partial charge in [-0.05, 0) is 31.7 Å². The third-order valence-corrected chi connectivity index (χ3v) is 3.93. The first-order valence-electron chi connectivity index (χ1n) is 4.74. The van der Waals surface area contributed by atoms with Crippen LogP contribution in [0, 0.1) is 0 Å². The molecule has 1 aromatic rings. The average Bonchev–Trinajstić information content (AvgIpc) is 2.20. The second-order valence-electron chi connectivity index (χ2n) is 3.65. The second kappa shape index (κ2) is 6.09. The standard InChI is InChI=1S/C11H14BrCl2N/c1-8(6-12)15(2)7-9-3-4-10(13)5-11(9)14/h3-5,8H,6-7H2,1-2H3. The van der Waals surface area contributed by atoms with Crippen LogP contribution >= 0.6 is 39.1 Å². The quantitative estimate of drug-likeness (QED) is 0.753. The van der Waals surface area contributed by atoms with Crippen LogP contribution in [0.4, 0.5) is 0 Å². The Morgan fingerprint density at radius 1 is 1.40 bits per heavy atom. The number of alkyl halides is 1. The number of nitrogens with zero attached hydrogens (tertiary/aromatic N) is 1. The summed E-state index contributed by atoms with van der Waals surface area (Å²) in [7, 11) is 2.08. The van der Waals surface area contributed by atoms with Crippen LogP contribution in [0.15, 0.2) is 18.2 Å². The van der Waals surface area contributed by atoms with Crippen molar-refractivity contribution >= 4 is 39.1 Å². The van der Waals surface area contributed by atoms with E-state index in [2.05, 4.69) is 34.8 Å². The second-order valence-corrected chi connectivity index (χ2v) is 5.15. The monoisotopic (exact) mass is 309 g/mol. The van der Waals surface area contributed by atoms with E-state index in [4.69, 9.17) is 23.2 Å². The molecule has 84 valence electrons. The third-order valence-electron chi connectivity index (χ3n) is 2.41. The summed E-state index contributed by atoms with van der Waals surface area (Å²) in [4.78, 5) is 2.24. The number of hydrogen-bond donors (Lipinski definition) is 0. The molecule has 1 atom stereocenters. The smallest absolute Gasteiger partial charge is 0.0465 e. The number of hydrogen-bond acceptors (Lipinski definition) is 1. The molecule has 1 nitrogen and oxygen atoms in total. The maximum Gasteiger partial charge on any atom is 0.0465 e. The third kappa shape index (κ3) is 3.95. The highest BCUT2D eigenvalue weighted by molar-refractivity contribution is 9.09. The fourth-order valence-corrected chi connectivity index (χ4v) is 2.15. The fourth-order valence-electron chi connectivity index (χ4n) is 1.19. The Bertz CT molecular complexity index is 330. The van der Waals surface area contributed by atoms with Crippen LogP contribution in [-0.2, 0) is 6.54 Å². The molecule has 0 aromatic heterocycles. The molecule has 0 saturated carbocycles. The fraction of sp³-hybridized carbons (Fsp3) is 0.455. The number of benzene rings is 1. The van der Waals surface area contributed by atoms with Gasteiger partial charge in [0.15, 0.2) is 0 Å². The van der Waals surface area contributed by atoms with Crippen LogP contribution in [-0.4, -0.2) is 23.3 Å². The van der Waals surface area contributed by atoms with Gasteiger partial charge >= 0.3 is 0 Å². The Morgan fingerprint density at radius 3 is 2.60 bits per heavy atom. The minimum atomic E-state index is 0.483. The highest BCUT2D eigenvalue weighted by atomic mass is 79.9. The molecule has 0 spiro atoms. The van der Waals surface area contributed by atoms with E-state index < -0.39 is 0 Å². The van der Waals surface area contributed by atoms with Crippen LogP contribution in [0.2, 0.25) is 10.0 Å². The molecule has 0 aliphatic heterocycles. The molecule has 0 amide bonds.